The second-order valence-corrected chi connectivity index (χ2v) is 7.78. The smallest absolute Gasteiger partial charge is 0.290 e. The largest absolute Gasteiger partial charge is 0.483 e. The number of carbonyl (C=O) groups excluding carboxylic acids is 2. The summed E-state index contributed by atoms with van der Waals surface area (Å²) in [6.45, 7) is 2.83. The molecule has 2 fully saturated rings. The lowest BCUT2D eigenvalue weighted by Gasteiger charge is -2.40. The third-order valence-corrected chi connectivity index (χ3v) is 5.54. The van der Waals surface area contributed by atoms with E-state index in [1.807, 2.05) is 12.1 Å². The van der Waals surface area contributed by atoms with Crippen molar-refractivity contribution in [3.05, 3.63) is 35.6 Å². The molecule has 0 aromatic heterocycles. The van der Waals surface area contributed by atoms with Crippen molar-refractivity contribution in [1.29, 1.82) is 0 Å². The number of carboxylic acid groups (broad SMARTS) is 1. The molecule has 2 heterocycles. The zero-order valence-corrected chi connectivity index (χ0v) is 17.6. The summed E-state index contributed by atoms with van der Waals surface area (Å²) >= 11 is 0. The highest BCUT2D eigenvalue weighted by molar-refractivity contribution is 5.85. The van der Waals surface area contributed by atoms with Gasteiger partial charge in [-0.05, 0) is 18.9 Å². The van der Waals surface area contributed by atoms with E-state index in [1.54, 1.807) is 25.1 Å². The number of carbonyl (C=O) groups is 3. The van der Waals surface area contributed by atoms with Gasteiger partial charge in [0.1, 0.15) is 5.82 Å². The Kier molecular flexibility index (Phi) is 8.73. The fraction of sp³-hybridized carbons (Fsp3) is 0.571. The van der Waals surface area contributed by atoms with Gasteiger partial charge in [-0.25, -0.2) is 4.39 Å². The van der Waals surface area contributed by atoms with E-state index in [0.29, 0.717) is 31.7 Å². The van der Waals surface area contributed by atoms with Crippen LogP contribution in [0, 0.1) is 5.82 Å². The van der Waals surface area contributed by atoms with Crippen molar-refractivity contribution in [2.45, 2.75) is 31.4 Å². The maximum atomic E-state index is 13.9. The summed E-state index contributed by atoms with van der Waals surface area (Å²) in [7, 11) is 3.38. The van der Waals surface area contributed by atoms with Crippen molar-refractivity contribution in [3.8, 4) is 0 Å². The highest BCUT2D eigenvalue weighted by Gasteiger charge is 2.41. The summed E-state index contributed by atoms with van der Waals surface area (Å²) in [6, 6.07) is 6.84. The maximum absolute atomic E-state index is 13.9. The summed E-state index contributed by atoms with van der Waals surface area (Å²) < 4.78 is 20.0. The lowest BCUT2D eigenvalue weighted by Crippen LogP contribution is -2.47. The molecule has 0 radical (unpaired) electrons. The molecule has 3 rings (SSSR count). The Morgan fingerprint density at radius 2 is 1.90 bits per heavy atom. The van der Waals surface area contributed by atoms with Crippen molar-refractivity contribution in [3.63, 3.8) is 0 Å². The molecule has 2 amide bonds. The molecule has 0 unspecified atom stereocenters. The van der Waals surface area contributed by atoms with Crippen LogP contribution < -0.4 is 0 Å². The average Bonchev–Trinajstić information content (AvgIpc) is 2.85. The standard InChI is InChI=1S/C20H28FN3O3.CH2O2/c1-22(2)19(26)15-24-11-12-27-20(13-18(24)25)7-9-23(10-8-20)14-16-5-3-4-6-17(16)21;2-1-3/h3-6H,7-15H2,1-2H3;1H,(H,2,3). The second kappa shape index (κ2) is 11.0. The number of rotatable bonds is 4. The quantitative estimate of drug-likeness (QED) is 0.732. The number of piperidine rings is 1. The Morgan fingerprint density at radius 1 is 1.27 bits per heavy atom. The monoisotopic (exact) mass is 423 g/mol. The fourth-order valence-electron chi connectivity index (χ4n) is 3.71. The van der Waals surface area contributed by atoms with E-state index in [2.05, 4.69) is 4.90 Å². The van der Waals surface area contributed by atoms with Crippen LogP contribution in [0.15, 0.2) is 24.3 Å². The van der Waals surface area contributed by atoms with Crippen molar-refractivity contribution >= 4 is 18.3 Å². The molecule has 8 nitrogen and oxygen atoms in total. The third-order valence-electron chi connectivity index (χ3n) is 5.54. The first-order chi connectivity index (χ1) is 14.3. The Balaban J connectivity index is 0.00000101. The molecule has 9 heteroatoms. The number of hydrogen-bond acceptors (Lipinski definition) is 5. The van der Waals surface area contributed by atoms with Crippen LogP contribution in [0.25, 0.3) is 0 Å². The van der Waals surface area contributed by atoms with Gasteiger partial charge >= 0.3 is 0 Å². The maximum Gasteiger partial charge on any atom is 0.290 e. The van der Waals surface area contributed by atoms with E-state index in [-0.39, 0.29) is 30.6 Å². The Morgan fingerprint density at radius 3 is 2.50 bits per heavy atom. The molecule has 2 aliphatic rings. The van der Waals surface area contributed by atoms with E-state index in [4.69, 9.17) is 14.6 Å². The van der Waals surface area contributed by atoms with Crippen LogP contribution in [-0.2, 0) is 25.7 Å². The lowest BCUT2D eigenvalue weighted by molar-refractivity contribution is -0.140. The molecule has 0 saturated carbocycles. The van der Waals surface area contributed by atoms with Gasteiger partial charge in [-0.15, -0.1) is 0 Å². The van der Waals surface area contributed by atoms with Gasteiger partial charge in [0.25, 0.3) is 6.47 Å². The predicted octanol–water partition coefficient (Wildman–Crippen LogP) is 1.20. The Hall–Kier alpha value is -2.52. The summed E-state index contributed by atoms with van der Waals surface area (Å²) in [5, 5.41) is 6.89. The molecular weight excluding hydrogens is 393 g/mol. The first-order valence-corrected chi connectivity index (χ1v) is 9.96. The molecule has 1 aromatic carbocycles. The number of amides is 2. The number of likely N-dealkylation sites (tertiary alicyclic amines) is 1. The van der Waals surface area contributed by atoms with Gasteiger partial charge in [0.15, 0.2) is 0 Å². The number of nitrogens with zero attached hydrogens (tertiary/aromatic N) is 3. The molecule has 166 valence electrons. The van der Waals surface area contributed by atoms with E-state index < -0.39 is 5.60 Å². The minimum Gasteiger partial charge on any atom is -0.483 e. The minimum atomic E-state index is -0.460. The van der Waals surface area contributed by atoms with Gasteiger partial charge in [0, 0.05) is 45.8 Å². The van der Waals surface area contributed by atoms with Gasteiger partial charge in [-0.3, -0.25) is 19.3 Å². The lowest BCUT2D eigenvalue weighted by atomic mass is 9.87. The average molecular weight is 423 g/mol. The minimum absolute atomic E-state index is 0.0229. The fourth-order valence-corrected chi connectivity index (χ4v) is 3.71. The van der Waals surface area contributed by atoms with E-state index in [0.717, 1.165) is 25.9 Å². The number of halogens is 1. The second-order valence-electron chi connectivity index (χ2n) is 7.78. The highest BCUT2D eigenvalue weighted by atomic mass is 19.1. The van der Waals surface area contributed by atoms with Gasteiger partial charge in [0.05, 0.1) is 25.2 Å². The van der Waals surface area contributed by atoms with Gasteiger partial charge in [-0.1, -0.05) is 18.2 Å². The van der Waals surface area contributed by atoms with Crippen LogP contribution in [0.5, 0.6) is 0 Å². The zero-order chi connectivity index (χ0) is 22.1. The van der Waals surface area contributed by atoms with Crippen molar-refractivity contribution < 1.29 is 28.6 Å². The van der Waals surface area contributed by atoms with E-state index in [9.17, 15) is 14.0 Å². The molecule has 1 aromatic rings. The van der Waals surface area contributed by atoms with Crippen LogP contribution in [0.4, 0.5) is 4.39 Å². The highest BCUT2D eigenvalue weighted by Crippen LogP contribution is 2.33. The third kappa shape index (κ3) is 6.50. The normalized spacial score (nSPS) is 18.9. The van der Waals surface area contributed by atoms with Crippen LogP contribution in [0.1, 0.15) is 24.8 Å². The summed E-state index contributed by atoms with van der Waals surface area (Å²) in [5.74, 6) is -0.288. The van der Waals surface area contributed by atoms with Crippen LogP contribution in [-0.4, -0.2) is 90.6 Å². The molecule has 1 spiro atoms. The molecule has 0 atom stereocenters. The summed E-state index contributed by atoms with van der Waals surface area (Å²) in [5.41, 5.74) is 0.235. The predicted molar refractivity (Wildman–Crippen MR) is 108 cm³/mol. The molecule has 0 aliphatic carbocycles. The molecule has 2 aliphatic heterocycles. The SMILES string of the molecule is CN(C)C(=O)CN1CCOC2(CCN(Cc3ccccc3F)CC2)CC1=O.O=CO. The first-order valence-electron chi connectivity index (χ1n) is 9.96. The van der Waals surface area contributed by atoms with E-state index in [1.165, 1.54) is 11.0 Å². The Bertz CT molecular complexity index is 735. The van der Waals surface area contributed by atoms with Gasteiger partial charge in [-0.2, -0.15) is 0 Å². The summed E-state index contributed by atoms with van der Waals surface area (Å²) in [6.07, 6.45) is 1.78. The topological polar surface area (TPSA) is 90.4 Å². The van der Waals surface area contributed by atoms with Gasteiger partial charge < -0.3 is 19.6 Å². The molecule has 30 heavy (non-hydrogen) atoms. The number of ether oxygens (including phenoxy) is 1. The van der Waals surface area contributed by atoms with Crippen molar-refractivity contribution in [2.75, 3.05) is 46.9 Å². The van der Waals surface area contributed by atoms with E-state index >= 15 is 0 Å². The zero-order valence-electron chi connectivity index (χ0n) is 17.6. The van der Waals surface area contributed by atoms with Gasteiger partial charge in [0.2, 0.25) is 11.8 Å². The number of likely N-dealkylation sites (N-methyl/N-ethyl adjacent to an activating group) is 1. The number of hydrogen-bond donors (Lipinski definition) is 1. The van der Waals surface area contributed by atoms with Crippen LogP contribution in [0.2, 0.25) is 0 Å². The van der Waals surface area contributed by atoms with Crippen LogP contribution in [0.3, 0.4) is 0 Å². The molecular formula is C21H30FN3O5. The first kappa shape index (κ1) is 23.8. The molecule has 0 bridgehead atoms. The molecule has 1 N–H and O–H groups in total. The molecule has 2 saturated heterocycles. The van der Waals surface area contributed by atoms with Crippen LogP contribution >= 0.6 is 0 Å². The van der Waals surface area contributed by atoms with Crippen molar-refractivity contribution in [2.24, 2.45) is 0 Å². The number of benzene rings is 1. The van der Waals surface area contributed by atoms with Crippen molar-refractivity contribution in [1.82, 2.24) is 14.7 Å². The summed E-state index contributed by atoms with van der Waals surface area (Å²) in [4.78, 5) is 38.3. The Labute approximate surface area is 176 Å².